The van der Waals surface area contributed by atoms with Crippen LogP contribution < -0.4 is 0 Å². The number of rotatable bonds is 5. The van der Waals surface area contributed by atoms with Crippen molar-refractivity contribution in [2.45, 2.75) is 38.9 Å². The topological polar surface area (TPSA) is 63.6 Å². The van der Waals surface area contributed by atoms with E-state index in [1.807, 2.05) is 13.0 Å². The summed E-state index contributed by atoms with van der Waals surface area (Å²) in [5.74, 6) is 0. The van der Waals surface area contributed by atoms with Gasteiger partial charge in [-0.15, -0.1) is 0 Å². The highest BCUT2D eigenvalue weighted by Gasteiger charge is 2.25. The molecule has 0 aliphatic heterocycles. The van der Waals surface area contributed by atoms with Crippen molar-refractivity contribution in [3.8, 4) is 0 Å². The van der Waals surface area contributed by atoms with Crippen LogP contribution in [-0.4, -0.2) is 19.8 Å². The number of hydrogen-bond donors (Lipinski definition) is 1. The SMILES string of the molecule is CCC(OS(C)(=O)=O)c1ccccc1C(C)(C)O. The third kappa shape index (κ3) is 4.08. The molecule has 18 heavy (non-hydrogen) atoms. The summed E-state index contributed by atoms with van der Waals surface area (Å²) in [4.78, 5) is 0. The summed E-state index contributed by atoms with van der Waals surface area (Å²) < 4.78 is 27.6. The van der Waals surface area contributed by atoms with Gasteiger partial charge < -0.3 is 5.11 Å². The highest BCUT2D eigenvalue weighted by Crippen LogP contribution is 2.32. The van der Waals surface area contributed by atoms with Crippen LogP contribution in [0.5, 0.6) is 0 Å². The molecule has 0 aromatic heterocycles. The predicted molar refractivity (Wildman–Crippen MR) is 70.6 cm³/mol. The molecule has 5 heteroatoms. The molecule has 0 aliphatic rings. The number of hydrogen-bond acceptors (Lipinski definition) is 4. The van der Waals surface area contributed by atoms with Crippen molar-refractivity contribution in [3.05, 3.63) is 35.4 Å². The second-order valence-corrected chi connectivity index (χ2v) is 6.44. The molecule has 0 heterocycles. The van der Waals surface area contributed by atoms with Gasteiger partial charge in [-0.1, -0.05) is 31.2 Å². The Morgan fingerprint density at radius 3 is 2.33 bits per heavy atom. The van der Waals surface area contributed by atoms with Crippen molar-refractivity contribution in [2.75, 3.05) is 6.26 Å². The molecule has 0 amide bonds. The molecule has 0 spiro atoms. The van der Waals surface area contributed by atoms with Gasteiger partial charge in [0.2, 0.25) is 0 Å². The Hall–Kier alpha value is -0.910. The van der Waals surface area contributed by atoms with E-state index in [0.29, 0.717) is 17.5 Å². The second-order valence-electron chi connectivity index (χ2n) is 4.84. The van der Waals surface area contributed by atoms with Gasteiger partial charge in [-0.25, -0.2) is 0 Å². The smallest absolute Gasteiger partial charge is 0.264 e. The van der Waals surface area contributed by atoms with E-state index in [9.17, 15) is 13.5 Å². The average molecular weight is 272 g/mol. The normalized spacial score (nSPS) is 14.5. The lowest BCUT2D eigenvalue weighted by Gasteiger charge is -2.25. The fourth-order valence-corrected chi connectivity index (χ4v) is 2.55. The summed E-state index contributed by atoms with van der Waals surface area (Å²) in [6, 6.07) is 7.18. The van der Waals surface area contributed by atoms with Crippen molar-refractivity contribution in [2.24, 2.45) is 0 Å². The second kappa shape index (κ2) is 5.38. The van der Waals surface area contributed by atoms with E-state index in [-0.39, 0.29) is 0 Å². The van der Waals surface area contributed by atoms with Crippen LogP contribution in [0.25, 0.3) is 0 Å². The highest BCUT2D eigenvalue weighted by molar-refractivity contribution is 7.86. The van der Waals surface area contributed by atoms with Gasteiger partial charge >= 0.3 is 0 Å². The molecule has 102 valence electrons. The van der Waals surface area contributed by atoms with Gasteiger partial charge in [0.15, 0.2) is 0 Å². The van der Waals surface area contributed by atoms with Crippen molar-refractivity contribution >= 4 is 10.1 Å². The molecule has 0 bridgehead atoms. The molecule has 0 radical (unpaired) electrons. The Balaban J connectivity index is 3.22. The van der Waals surface area contributed by atoms with Gasteiger partial charge in [-0.3, -0.25) is 4.18 Å². The van der Waals surface area contributed by atoms with Crippen LogP contribution in [0.3, 0.4) is 0 Å². The number of aliphatic hydroxyl groups is 1. The minimum Gasteiger partial charge on any atom is -0.386 e. The average Bonchev–Trinajstić information content (AvgIpc) is 2.23. The van der Waals surface area contributed by atoms with Crippen LogP contribution >= 0.6 is 0 Å². The third-order valence-electron chi connectivity index (χ3n) is 2.63. The molecule has 4 nitrogen and oxygen atoms in total. The predicted octanol–water partition coefficient (Wildman–Crippen LogP) is 2.34. The zero-order valence-electron chi connectivity index (χ0n) is 11.2. The standard InChI is InChI=1S/C13H20O4S/c1-5-12(17-18(4,15)16)10-8-6-7-9-11(10)13(2,3)14/h6-9,12,14H,5H2,1-4H3. The van der Waals surface area contributed by atoms with Crippen molar-refractivity contribution in [1.29, 1.82) is 0 Å². The van der Waals surface area contributed by atoms with E-state index in [2.05, 4.69) is 0 Å². The zero-order chi connectivity index (χ0) is 14.0. The van der Waals surface area contributed by atoms with Crippen LogP contribution in [0, 0.1) is 0 Å². The van der Waals surface area contributed by atoms with E-state index in [0.717, 1.165) is 6.26 Å². The van der Waals surface area contributed by atoms with Gasteiger partial charge in [0.25, 0.3) is 10.1 Å². The Bertz CT molecular complexity index is 500. The van der Waals surface area contributed by atoms with Gasteiger partial charge in [0.05, 0.1) is 11.9 Å². The zero-order valence-corrected chi connectivity index (χ0v) is 12.0. The van der Waals surface area contributed by atoms with Crippen molar-refractivity contribution in [3.63, 3.8) is 0 Å². The molecule has 0 aliphatic carbocycles. The van der Waals surface area contributed by atoms with Gasteiger partial charge in [-0.2, -0.15) is 8.42 Å². The van der Waals surface area contributed by atoms with Crippen LogP contribution in [0.15, 0.2) is 24.3 Å². The lowest BCUT2D eigenvalue weighted by molar-refractivity contribution is 0.0742. The van der Waals surface area contributed by atoms with Crippen LogP contribution in [0.2, 0.25) is 0 Å². The van der Waals surface area contributed by atoms with Crippen molar-refractivity contribution in [1.82, 2.24) is 0 Å². The maximum absolute atomic E-state index is 11.3. The Morgan fingerprint density at radius 2 is 1.89 bits per heavy atom. The molecule has 0 saturated carbocycles. The molecular formula is C13H20O4S. The lowest BCUT2D eigenvalue weighted by Crippen LogP contribution is -2.21. The fraction of sp³-hybridized carbons (Fsp3) is 0.538. The summed E-state index contributed by atoms with van der Waals surface area (Å²) >= 11 is 0. The summed E-state index contributed by atoms with van der Waals surface area (Å²) in [7, 11) is -3.53. The first kappa shape index (κ1) is 15.1. The molecule has 0 saturated heterocycles. The third-order valence-corrected chi connectivity index (χ3v) is 3.21. The summed E-state index contributed by atoms with van der Waals surface area (Å²) in [5, 5.41) is 10.1. The van der Waals surface area contributed by atoms with Gasteiger partial charge in [-0.05, 0) is 31.4 Å². The van der Waals surface area contributed by atoms with Crippen LogP contribution in [0.4, 0.5) is 0 Å². The van der Waals surface area contributed by atoms with Crippen LogP contribution in [-0.2, 0) is 19.9 Å². The first-order valence-electron chi connectivity index (χ1n) is 5.85. The Morgan fingerprint density at radius 1 is 1.33 bits per heavy atom. The Kier molecular flexibility index (Phi) is 4.53. The quantitative estimate of drug-likeness (QED) is 0.836. The molecule has 1 aromatic carbocycles. The maximum atomic E-state index is 11.3. The lowest BCUT2D eigenvalue weighted by atomic mass is 9.90. The molecule has 1 unspecified atom stereocenters. The van der Waals surface area contributed by atoms with E-state index < -0.39 is 21.8 Å². The molecule has 1 rings (SSSR count). The van der Waals surface area contributed by atoms with E-state index in [1.165, 1.54) is 0 Å². The molecule has 1 atom stereocenters. The fourth-order valence-electron chi connectivity index (χ4n) is 1.89. The van der Waals surface area contributed by atoms with Gasteiger partial charge in [0.1, 0.15) is 6.10 Å². The minimum absolute atomic E-state index is 0.514. The van der Waals surface area contributed by atoms with E-state index >= 15 is 0 Å². The van der Waals surface area contributed by atoms with Gasteiger partial charge in [0, 0.05) is 0 Å². The number of benzene rings is 1. The molecule has 0 fully saturated rings. The summed E-state index contributed by atoms with van der Waals surface area (Å²) in [6.07, 6.45) is 0.977. The van der Waals surface area contributed by atoms with Crippen molar-refractivity contribution < 1.29 is 17.7 Å². The van der Waals surface area contributed by atoms with E-state index in [4.69, 9.17) is 4.18 Å². The molecule has 1 aromatic rings. The largest absolute Gasteiger partial charge is 0.386 e. The monoisotopic (exact) mass is 272 g/mol. The maximum Gasteiger partial charge on any atom is 0.264 e. The molecule has 1 N–H and O–H groups in total. The highest BCUT2D eigenvalue weighted by atomic mass is 32.2. The van der Waals surface area contributed by atoms with Crippen LogP contribution in [0.1, 0.15) is 44.4 Å². The Labute approximate surface area is 109 Å². The minimum atomic E-state index is -3.53. The first-order chi connectivity index (χ1) is 8.15. The summed E-state index contributed by atoms with van der Waals surface area (Å²) in [5.41, 5.74) is 0.351. The molecular weight excluding hydrogens is 252 g/mol. The first-order valence-corrected chi connectivity index (χ1v) is 7.67. The summed E-state index contributed by atoms with van der Waals surface area (Å²) in [6.45, 7) is 5.18. The van der Waals surface area contributed by atoms with E-state index in [1.54, 1.807) is 32.0 Å².